The number of aryl methyl sites for hydroxylation is 2. The normalized spacial score (nSPS) is 10.7. The lowest BCUT2D eigenvalue weighted by molar-refractivity contribution is 0.0995. The number of pyridine rings is 1. The average molecular weight is 493 g/mol. The summed E-state index contributed by atoms with van der Waals surface area (Å²) in [5.41, 5.74) is 9.01. The van der Waals surface area contributed by atoms with Crippen molar-refractivity contribution in [3.05, 3.63) is 83.0 Å². The highest BCUT2D eigenvalue weighted by molar-refractivity contribution is 6.36. The van der Waals surface area contributed by atoms with Crippen LogP contribution in [0, 0.1) is 12.7 Å². The molecule has 0 atom stereocenters. The summed E-state index contributed by atoms with van der Waals surface area (Å²) in [4.78, 5) is 28.1. The molecule has 4 rings (SSSR count). The summed E-state index contributed by atoms with van der Waals surface area (Å²) >= 11 is 6.64. The maximum Gasteiger partial charge on any atom is 0.323 e. The number of urea groups is 1. The van der Waals surface area contributed by atoms with Gasteiger partial charge in [-0.25, -0.2) is 9.18 Å². The molecule has 2 heterocycles. The lowest BCUT2D eigenvalue weighted by atomic mass is 10.0. The molecular formula is C25H22ClFN6O2. The predicted octanol–water partition coefficient (Wildman–Crippen LogP) is 5.48. The number of halogens is 2. The Morgan fingerprint density at radius 2 is 1.83 bits per heavy atom. The SMILES string of the molecule is CCn1cc(-c2cc(F)cc(NC(=O)Nc3ccc(C)cc3)c2Cl)c(-c2ccnc(C(N)=O)c2)n1. The summed E-state index contributed by atoms with van der Waals surface area (Å²) in [7, 11) is 0. The summed E-state index contributed by atoms with van der Waals surface area (Å²) in [5, 5.41) is 9.99. The van der Waals surface area contributed by atoms with Crippen molar-refractivity contribution >= 4 is 34.9 Å². The van der Waals surface area contributed by atoms with E-state index in [1.54, 1.807) is 29.1 Å². The fraction of sp³-hybridized carbons (Fsp3) is 0.120. The van der Waals surface area contributed by atoms with Crippen LogP contribution >= 0.6 is 11.6 Å². The number of anilines is 2. The number of nitrogens with zero attached hydrogens (tertiary/aromatic N) is 3. The molecule has 178 valence electrons. The van der Waals surface area contributed by atoms with Gasteiger partial charge in [0.15, 0.2) is 0 Å². The number of hydrogen-bond donors (Lipinski definition) is 3. The largest absolute Gasteiger partial charge is 0.364 e. The molecule has 35 heavy (non-hydrogen) atoms. The van der Waals surface area contributed by atoms with Gasteiger partial charge in [-0.1, -0.05) is 29.3 Å². The second-order valence-electron chi connectivity index (χ2n) is 7.80. The number of carbonyl (C=O) groups is 2. The Balaban J connectivity index is 1.72. The van der Waals surface area contributed by atoms with Gasteiger partial charge in [-0.15, -0.1) is 0 Å². The number of primary amides is 1. The van der Waals surface area contributed by atoms with Crippen LogP contribution in [0.25, 0.3) is 22.4 Å². The summed E-state index contributed by atoms with van der Waals surface area (Å²) in [6.45, 7) is 4.38. The molecule has 8 nitrogen and oxygen atoms in total. The molecule has 0 fully saturated rings. The minimum atomic E-state index is -0.682. The Hall–Kier alpha value is -4.24. The number of rotatable bonds is 6. The molecule has 0 aliphatic heterocycles. The van der Waals surface area contributed by atoms with Crippen LogP contribution in [-0.2, 0) is 6.54 Å². The van der Waals surface area contributed by atoms with Crippen molar-refractivity contribution in [2.75, 3.05) is 10.6 Å². The zero-order valence-electron chi connectivity index (χ0n) is 19.0. The smallest absolute Gasteiger partial charge is 0.323 e. The molecule has 0 unspecified atom stereocenters. The summed E-state index contributed by atoms with van der Waals surface area (Å²) in [5.74, 6) is -1.28. The van der Waals surface area contributed by atoms with Crippen LogP contribution in [0.4, 0.5) is 20.6 Å². The zero-order valence-corrected chi connectivity index (χ0v) is 19.7. The molecule has 0 aliphatic rings. The van der Waals surface area contributed by atoms with Gasteiger partial charge in [0.2, 0.25) is 0 Å². The number of benzene rings is 2. The monoisotopic (exact) mass is 492 g/mol. The van der Waals surface area contributed by atoms with Gasteiger partial charge < -0.3 is 16.4 Å². The lowest BCUT2D eigenvalue weighted by Crippen LogP contribution is -2.19. The first-order valence-electron chi connectivity index (χ1n) is 10.7. The van der Waals surface area contributed by atoms with Crippen LogP contribution in [-0.4, -0.2) is 26.7 Å². The number of hydrogen-bond acceptors (Lipinski definition) is 4. The highest BCUT2D eigenvalue weighted by Crippen LogP contribution is 2.39. The molecule has 0 bridgehead atoms. The van der Waals surface area contributed by atoms with Crippen molar-refractivity contribution in [3.8, 4) is 22.4 Å². The Morgan fingerprint density at radius 1 is 1.09 bits per heavy atom. The van der Waals surface area contributed by atoms with Gasteiger partial charge in [-0.2, -0.15) is 5.10 Å². The van der Waals surface area contributed by atoms with Gasteiger partial charge in [-0.05, 0) is 50.2 Å². The van der Waals surface area contributed by atoms with Crippen molar-refractivity contribution in [1.29, 1.82) is 0 Å². The molecule has 0 aliphatic carbocycles. The molecule has 2 aromatic carbocycles. The Bertz CT molecular complexity index is 1420. The molecule has 0 spiro atoms. The third-order valence-corrected chi connectivity index (χ3v) is 5.66. The Kier molecular flexibility index (Phi) is 6.79. The summed E-state index contributed by atoms with van der Waals surface area (Å²) in [6.07, 6.45) is 3.16. The minimum absolute atomic E-state index is 0.0694. The van der Waals surface area contributed by atoms with Gasteiger partial charge in [0.05, 0.1) is 10.7 Å². The second-order valence-corrected chi connectivity index (χ2v) is 8.18. The van der Waals surface area contributed by atoms with E-state index in [1.165, 1.54) is 18.3 Å². The van der Waals surface area contributed by atoms with Crippen molar-refractivity contribution < 1.29 is 14.0 Å². The quantitative estimate of drug-likeness (QED) is 0.330. The first-order valence-corrected chi connectivity index (χ1v) is 11.1. The fourth-order valence-electron chi connectivity index (χ4n) is 3.50. The topological polar surface area (TPSA) is 115 Å². The minimum Gasteiger partial charge on any atom is -0.364 e. The van der Waals surface area contributed by atoms with E-state index in [0.717, 1.165) is 11.6 Å². The molecule has 3 amide bonds. The van der Waals surface area contributed by atoms with Crippen LogP contribution in [0.15, 0.2) is 60.9 Å². The number of amides is 3. The molecular weight excluding hydrogens is 471 g/mol. The van der Waals surface area contributed by atoms with Crippen LogP contribution in [0.3, 0.4) is 0 Å². The van der Waals surface area contributed by atoms with E-state index >= 15 is 0 Å². The van der Waals surface area contributed by atoms with Crippen molar-refractivity contribution in [1.82, 2.24) is 14.8 Å². The van der Waals surface area contributed by atoms with Crippen molar-refractivity contribution in [3.63, 3.8) is 0 Å². The highest BCUT2D eigenvalue weighted by atomic mass is 35.5. The molecule has 4 N–H and O–H groups in total. The van der Waals surface area contributed by atoms with E-state index in [2.05, 4.69) is 20.7 Å². The van der Waals surface area contributed by atoms with E-state index in [9.17, 15) is 14.0 Å². The first kappa shape index (κ1) is 23.9. The van der Waals surface area contributed by atoms with Gasteiger partial charge in [0.25, 0.3) is 5.91 Å². The molecule has 10 heteroatoms. The molecule has 0 saturated heterocycles. The zero-order chi connectivity index (χ0) is 25.1. The Labute approximate surface area is 205 Å². The molecule has 4 aromatic rings. The third kappa shape index (κ3) is 5.30. The van der Waals surface area contributed by atoms with E-state index in [4.69, 9.17) is 17.3 Å². The van der Waals surface area contributed by atoms with Crippen LogP contribution < -0.4 is 16.4 Å². The number of nitrogens with two attached hydrogens (primary N) is 1. The standard InChI is InChI=1S/C25H22ClFN6O2/c1-3-33-13-19(23(32-33)15-8-9-29-21(10-15)24(28)34)18-11-16(27)12-20(22(18)26)31-25(35)30-17-6-4-14(2)5-7-17/h4-13H,3H2,1-2H3,(H2,28,34)(H2,30,31,35). The van der Waals surface area contributed by atoms with Crippen molar-refractivity contribution in [2.45, 2.75) is 20.4 Å². The first-order chi connectivity index (χ1) is 16.7. The molecule has 0 radical (unpaired) electrons. The van der Waals surface area contributed by atoms with Crippen LogP contribution in [0.2, 0.25) is 5.02 Å². The van der Waals surface area contributed by atoms with Gasteiger partial charge >= 0.3 is 6.03 Å². The van der Waals surface area contributed by atoms with Crippen LogP contribution in [0.1, 0.15) is 23.0 Å². The van der Waals surface area contributed by atoms with Crippen LogP contribution in [0.5, 0.6) is 0 Å². The van der Waals surface area contributed by atoms with E-state index < -0.39 is 17.8 Å². The van der Waals surface area contributed by atoms with E-state index in [-0.39, 0.29) is 16.4 Å². The predicted molar refractivity (Wildman–Crippen MR) is 134 cm³/mol. The summed E-state index contributed by atoms with van der Waals surface area (Å²) in [6, 6.07) is 12.2. The maximum absolute atomic E-state index is 14.7. The van der Waals surface area contributed by atoms with E-state index in [1.807, 2.05) is 26.0 Å². The molecule has 0 saturated carbocycles. The highest BCUT2D eigenvalue weighted by Gasteiger charge is 2.20. The second kappa shape index (κ2) is 9.94. The fourth-order valence-corrected chi connectivity index (χ4v) is 3.76. The van der Waals surface area contributed by atoms with Gasteiger partial charge in [-0.3, -0.25) is 14.5 Å². The third-order valence-electron chi connectivity index (χ3n) is 5.26. The number of carbonyl (C=O) groups excluding carboxylic acids is 2. The number of aromatic nitrogens is 3. The maximum atomic E-state index is 14.7. The van der Waals surface area contributed by atoms with E-state index in [0.29, 0.717) is 34.6 Å². The summed E-state index contributed by atoms with van der Waals surface area (Å²) < 4.78 is 16.3. The van der Waals surface area contributed by atoms with Gasteiger partial charge in [0.1, 0.15) is 17.2 Å². The average Bonchev–Trinajstić information content (AvgIpc) is 3.27. The van der Waals surface area contributed by atoms with Gasteiger partial charge in [0, 0.05) is 41.3 Å². The number of nitrogens with one attached hydrogen (secondary N) is 2. The molecule has 2 aromatic heterocycles. The lowest BCUT2D eigenvalue weighted by Gasteiger charge is -2.13. The van der Waals surface area contributed by atoms with Crippen molar-refractivity contribution in [2.24, 2.45) is 5.73 Å². The Morgan fingerprint density at radius 3 is 2.51 bits per heavy atom.